The van der Waals surface area contributed by atoms with Gasteiger partial charge in [-0.1, -0.05) is 12.1 Å². The van der Waals surface area contributed by atoms with Gasteiger partial charge in [0.05, 0.1) is 13.2 Å². The van der Waals surface area contributed by atoms with Crippen molar-refractivity contribution in [2.24, 2.45) is 5.92 Å². The Balaban J connectivity index is 0.00000176. The summed E-state index contributed by atoms with van der Waals surface area (Å²) in [6.07, 6.45) is 3.12. The Hall–Kier alpha value is -0.810. The predicted octanol–water partition coefficient (Wildman–Crippen LogP) is 2.22. The minimum Gasteiger partial charge on any atom is -0.497 e. The molecule has 0 radical (unpaired) electrons. The maximum Gasteiger partial charge on any atom is 0.119 e. The molecule has 0 aromatic heterocycles. The molecule has 3 rings (SSSR count). The zero-order valence-corrected chi connectivity index (χ0v) is 14.0. The van der Waals surface area contributed by atoms with E-state index in [4.69, 9.17) is 4.74 Å². The van der Waals surface area contributed by atoms with E-state index in [-0.39, 0.29) is 18.5 Å². The van der Waals surface area contributed by atoms with Crippen LogP contribution in [0.25, 0.3) is 0 Å². The van der Waals surface area contributed by atoms with Crippen LogP contribution < -0.4 is 10.1 Å². The van der Waals surface area contributed by atoms with Crippen molar-refractivity contribution in [3.8, 4) is 5.75 Å². The van der Waals surface area contributed by atoms with Crippen molar-refractivity contribution in [2.45, 2.75) is 31.4 Å². The third-order valence-electron chi connectivity index (χ3n) is 4.81. The molecule has 2 unspecified atom stereocenters. The van der Waals surface area contributed by atoms with Crippen LogP contribution in [0.5, 0.6) is 5.75 Å². The molecule has 0 spiro atoms. The van der Waals surface area contributed by atoms with E-state index in [2.05, 4.69) is 22.3 Å². The first-order valence-corrected chi connectivity index (χ1v) is 8.03. The number of nitrogens with one attached hydrogen (secondary N) is 1. The molecule has 2 aliphatic rings. The van der Waals surface area contributed by atoms with Gasteiger partial charge in [0.25, 0.3) is 0 Å². The van der Waals surface area contributed by atoms with E-state index >= 15 is 0 Å². The summed E-state index contributed by atoms with van der Waals surface area (Å²) in [5, 5.41) is 13.5. The molecule has 22 heavy (non-hydrogen) atoms. The number of hydrogen-bond donors (Lipinski definition) is 2. The summed E-state index contributed by atoms with van der Waals surface area (Å²) >= 11 is 0. The highest BCUT2D eigenvalue weighted by atomic mass is 35.5. The predicted molar refractivity (Wildman–Crippen MR) is 90.8 cm³/mol. The molecule has 4 nitrogen and oxygen atoms in total. The average molecular weight is 327 g/mol. The first-order chi connectivity index (χ1) is 10.3. The summed E-state index contributed by atoms with van der Waals surface area (Å²) in [6, 6.07) is 8.61. The Labute approximate surface area is 139 Å². The molecule has 2 heterocycles. The molecule has 124 valence electrons. The zero-order valence-electron chi connectivity index (χ0n) is 13.2. The highest BCUT2D eigenvalue weighted by molar-refractivity contribution is 5.85. The number of halogens is 1. The number of hydrogen-bond acceptors (Lipinski definition) is 4. The Morgan fingerprint density at radius 2 is 2.09 bits per heavy atom. The minimum atomic E-state index is -0.206. The van der Waals surface area contributed by atoms with E-state index in [0.29, 0.717) is 6.04 Å². The van der Waals surface area contributed by atoms with Crippen molar-refractivity contribution >= 4 is 12.4 Å². The number of aliphatic hydroxyl groups is 1. The van der Waals surface area contributed by atoms with Crippen LogP contribution in [0.15, 0.2) is 24.3 Å². The van der Waals surface area contributed by atoms with Crippen LogP contribution in [0.4, 0.5) is 0 Å². The molecule has 2 saturated heterocycles. The van der Waals surface area contributed by atoms with Gasteiger partial charge in [-0.3, -0.25) is 4.90 Å². The van der Waals surface area contributed by atoms with Crippen LogP contribution in [0.3, 0.4) is 0 Å². The highest BCUT2D eigenvalue weighted by Gasteiger charge is 2.33. The van der Waals surface area contributed by atoms with Gasteiger partial charge in [0.15, 0.2) is 0 Å². The fourth-order valence-electron chi connectivity index (χ4n) is 3.67. The van der Waals surface area contributed by atoms with E-state index in [9.17, 15) is 5.11 Å². The quantitative estimate of drug-likeness (QED) is 0.890. The third-order valence-corrected chi connectivity index (χ3v) is 4.81. The summed E-state index contributed by atoms with van der Waals surface area (Å²) < 4.78 is 5.34. The lowest BCUT2D eigenvalue weighted by molar-refractivity contribution is 0.157. The van der Waals surface area contributed by atoms with Gasteiger partial charge in [-0.15, -0.1) is 12.4 Å². The maximum atomic E-state index is 10.1. The standard InChI is InChI=1S/C17H26N2O2.ClH/c1-21-16-4-2-3-14(9-16)17-10-15(20)12-19(17)11-13-5-7-18-8-6-13;/h2-4,9,13,15,17-18,20H,5-8,10-12H2,1H3;1H. The van der Waals surface area contributed by atoms with E-state index in [1.54, 1.807) is 7.11 Å². The van der Waals surface area contributed by atoms with Crippen LogP contribution in [0.1, 0.15) is 30.9 Å². The first-order valence-electron chi connectivity index (χ1n) is 8.03. The number of benzene rings is 1. The van der Waals surface area contributed by atoms with E-state index in [0.717, 1.165) is 44.3 Å². The van der Waals surface area contributed by atoms with Gasteiger partial charge in [0.2, 0.25) is 0 Å². The lowest BCUT2D eigenvalue weighted by Gasteiger charge is -2.31. The maximum absolute atomic E-state index is 10.1. The molecule has 2 atom stereocenters. The molecule has 0 aliphatic carbocycles. The summed E-state index contributed by atoms with van der Waals surface area (Å²) in [4.78, 5) is 2.47. The molecule has 5 heteroatoms. The van der Waals surface area contributed by atoms with Crippen LogP contribution in [0, 0.1) is 5.92 Å². The fourth-order valence-corrected chi connectivity index (χ4v) is 3.67. The second-order valence-corrected chi connectivity index (χ2v) is 6.33. The van der Waals surface area contributed by atoms with Crippen molar-refractivity contribution in [1.82, 2.24) is 10.2 Å². The molecule has 2 aliphatic heterocycles. The SMILES string of the molecule is COc1cccc(C2CC(O)CN2CC2CCNCC2)c1.Cl. The number of nitrogens with zero attached hydrogens (tertiary/aromatic N) is 1. The number of piperidine rings is 1. The average Bonchev–Trinajstić information content (AvgIpc) is 2.89. The first kappa shape index (κ1) is 17.5. The molecule has 1 aromatic rings. The van der Waals surface area contributed by atoms with Crippen LogP contribution >= 0.6 is 12.4 Å². The number of rotatable bonds is 4. The largest absolute Gasteiger partial charge is 0.497 e. The van der Waals surface area contributed by atoms with Gasteiger partial charge in [-0.25, -0.2) is 0 Å². The van der Waals surface area contributed by atoms with Crippen LogP contribution in [-0.4, -0.2) is 49.4 Å². The summed E-state index contributed by atoms with van der Waals surface area (Å²) in [6.45, 7) is 4.15. The third kappa shape index (κ3) is 4.13. The smallest absolute Gasteiger partial charge is 0.119 e. The normalized spacial score (nSPS) is 26.6. The summed E-state index contributed by atoms with van der Waals surface area (Å²) in [5.74, 6) is 1.65. The zero-order chi connectivity index (χ0) is 14.7. The number of aliphatic hydroxyl groups excluding tert-OH is 1. The highest BCUT2D eigenvalue weighted by Crippen LogP contribution is 2.34. The lowest BCUT2D eigenvalue weighted by atomic mass is 9.96. The molecule has 0 bridgehead atoms. The van der Waals surface area contributed by atoms with Crippen LogP contribution in [0.2, 0.25) is 0 Å². The van der Waals surface area contributed by atoms with Crippen molar-refractivity contribution in [3.05, 3.63) is 29.8 Å². The minimum absolute atomic E-state index is 0. The van der Waals surface area contributed by atoms with Gasteiger partial charge in [0, 0.05) is 19.1 Å². The van der Waals surface area contributed by atoms with Gasteiger partial charge in [-0.2, -0.15) is 0 Å². The van der Waals surface area contributed by atoms with Crippen molar-refractivity contribution < 1.29 is 9.84 Å². The lowest BCUT2D eigenvalue weighted by Crippen LogP contribution is -2.36. The number of methoxy groups -OCH3 is 1. The fraction of sp³-hybridized carbons (Fsp3) is 0.647. The Bertz CT molecular complexity index is 466. The molecule has 2 fully saturated rings. The number of β-amino-alcohol motifs (C(OH)–C–C–N with tert-alkyl or cyclic N) is 1. The van der Waals surface area contributed by atoms with E-state index in [1.165, 1.54) is 18.4 Å². The molecule has 0 amide bonds. The van der Waals surface area contributed by atoms with Gasteiger partial charge in [0.1, 0.15) is 5.75 Å². The molecular formula is C17H27ClN2O2. The van der Waals surface area contributed by atoms with Gasteiger partial charge in [-0.05, 0) is 56.0 Å². The second-order valence-electron chi connectivity index (χ2n) is 6.33. The van der Waals surface area contributed by atoms with Crippen molar-refractivity contribution in [2.75, 3.05) is 33.3 Å². The Kier molecular flexibility index (Phi) is 6.50. The summed E-state index contributed by atoms with van der Waals surface area (Å²) in [7, 11) is 1.70. The second kappa shape index (κ2) is 8.16. The van der Waals surface area contributed by atoms with E-state index in [1.807, 2.05) is 12.1 Å². The Morgan fingerprint density at radius 1 is 1.32 bits per heavy atom. The van der Waals surface area contributed by atoms with Crippen molar-refractivity contribution in [3.63, 3.8) is 0 Å². The molecule has 1 aromatic carbocycles. The number of ether oxygens (including phenoxy) is 1. The molecule has 2 N–H and O–H groups in total. The topological polar surface area (TPSA) is 44.7 Å². The summed E-state index contributed by atoms with van der Waals surface area (Å²) in [5.41, 5.74) is 1.26. The molecular weight excluding hydrogens is 300 g/mol. The number of likely N-dealkylation sites (tertiary alicyclic amines) is 1. The Morgan fingerprint density at radius 3 is 2.82 bits per heavy atom. The van der Waals surface area contributed by atoms with Gasteiger partial charge < -0.3 is 15.2 Å². The van der Waals surface area contributed by atoms with E-state index < -0.39 is 0 Å². The van der Waals surface area contributed by atoms with Crippen LogP contribution in [-0.2, 0) is 0 Å². The van der Waals surface area contributed by atoms with Gasteiger partial charge >= 0.3 is 0 Å². The van der Waals surface area contributed by atoms with Crippen molar-refractivity contribution in [1.29, 1.82) is 0 Å². The molecule has 0 saturated carbocycles. The monoisotopic (exact) mass is 326 g/mol.